The molecule has 112 valence electrons. The lowest BCUT2D eigenvalue weighted by Gasteiger charge is -2.11. The Morgan fingerprint density at radius 2 is 2.14 bits per heavy atom. The number of fused-ring (bicyclic) bond motifs is 1. The Morgan fingerprint density at radius 3 is 2.95 bits per heavy atom. The monoisotopic (exact) mass is 285 g/mol. The van der Waals surface area contributed by atoms with Crippen molar-refractivity contribution in [2.75, 3.05) is 6.54 Å². The molecule has 1 aliphatic rings. The van der Waals surface area contributed by atoms with Gasteiger partial charge in [0.25, 0.3) is 0 Å². The molecular weight excluding hydrogens is 262 g/mol. The van der Waals surface area contributed by atoms with Gasteiger partial charge in [0.2, 0.25) is 6.41 Å². The third-order valence-corrected chi connectivity index (χ3v) is 4.40. The lowest BCUT2D eigenvalue weighted by molar-refractivity contribution is -0.109. The molecule has 0 aliphatic heterocycles. The minimum Gasteiger partial charge on any atom is -0.361 e. The van der Waals surface area contributed by atoms with Crippen molar-refractivity contribution >= 4 is 17.3 Å². The van der Waals surface area contributed by atoms with Crippen LogP contribution in [0.1, 0.15) is 36.8 Å². The van der Waals surface area contributed by atoms with Crippen LogP contribution in [-0.4, -0.2) is 24.0 Å². The van der Waals surface area contributed by atoms with Crippen LogP contribution in [0.25, 0.3) is 10.9 Å². The minimum absolute atomic E-state index is 0.588. The Bertz CT molecular complexity index is 599. The van der Waals surface area contributed by atoms with E-state index < -0.39 is 0 Å². The van der Waals surface area contributed by atoms with Crippen molar-refractivity contribution in [3.05, 3.63) is 35.5 Å². The van der Waals surface area contributed by atoms with Gasteiger partial charge in [-0.2, -0.15) is 0 Å². The highest BCUT2D eigenvalue weighted by atomic mass is 16.1. The molecule has 1 amide bonds. The van der Waals surface area contributed by atoms with Gasteiger partial charge in [0, 0.05) is 29.7 Å². The fourth-order valence-corrected chi connectivity index (χ4v) is 3.24. The Balaban J connectivity index is 1.64. The number of hydrogen-bond donors (Lipinski definition) is 3. The smallest absolute Gasteiger partial charge is 0.207 e. The summed E-state index contributed by atoms with van der Waals surface area (Å²) in [5.74, 6) is 0. The summed E-state index contributed by atoms with van der Waals surface area (Å²) >= 11 is 0. The summed E-state index contributed by atoms with van der Waals surface area (Å²) in [6.07, 6.45) is 9.30. The molecule has 0 bridgehead atoms. The van der Waals surface area contributed by atoms with Crippen LogP contribution in [0.4, 0.5) is 0 Å². The predicted molar refractivity (Wildman–Crippen MR) is 85.2 cm³/mol. The standard InChI is InChI=1S/C17H23N3O/c21-12-18-10-13-5-6-17-16(9-13)14(11-20-17)7-8-19-15-3-1-2-4-15/h5-6,9,11-12,15,19-20H,1-4,7-8,10H2,(H,18,21). The zero-order valence-electron chi connectivity index (χ0n) is 12.3. The zero-order chi connectivity index (χ0) is 14.5. The minimum atomic E-state index is 0.588. The average Bonchev–Trinajstić information content (AvgIpc) is 3.15. The van der Waals surface area contributed by atoms with E-state index >= 15 is 0 Å². The summed E-state index contributed by atoms with van der Waals surface area (Å²) in [6, 6.07) is 7.04. The van der Waals surface area contributed by atoms with Crippen LogP contribution in [0.3, 0.4) is 0 Å². The molecule has 3 rings (SSSR count). The van der Waals surface area contributed by atoms with E-state index in [1.54, 1.807) is 0 Å². The largest absolute Gasteiger partial charge is 0.361 e. The molecule has 0 unspecified atom stereocenters. The van der Waals surface area contributed by atoms with E-state index in [9.17, 15) is 4.79 Å². The van der Waals surface area contributed by atoms with E-state index in [2.05, 4.69) is 40.0 Å². The number of H-pyrrole nitrogens is 1. The van der Waals surface area contributed by atoms with Gasteiger partial charge >= 0.3 is 0 Å². The van der Waals surface area contributed by atoms with E-state index in [1.807, 2.05) is 0 Å². The van der Waals surface area contributed by atoms with Crippen LogP contribution >= 0.6 is 0 Å². The summed E-state index contributed by atoms with van der Waals surface area (Å²) in [5.41, 5.74) is 3.66. The number of rotatable bonds is 7. The number of benzene rings is 1. The quantitative estimate of drug-likeness (QED) is 0.685. The first-order chi connectivity index (χ1) is 10.4. The molecule has 1 aromatic heterocycles. The van der Waals surface area contributed by atoms with Crippen LogP contribution < -0.4 is 10.6 Å². The van der Waals surface area contributed by atoms with E-state index in [-0.39, 0.29) is 0 Å². The fraction of sp³-hybridized carbons (Fsp3) is 0.471. The Kier molecular flexibility index (Phi) is 4.55. The predicted octanol–water partition coefficient (Wildman–Crippen LogP) is 2.49. The summed E-state index contributed by atoms with van der Waals surface area (Å²) in [7, 11) is 0. The molecule has 0 spiro atoms. The molecular formula is C17H23N3O. The first-order valence-corrected chi connectivity index (χ1v) is 7.86. The molecule has 4 nitrogen and oxygen atoms in total. The molecule has 1 aromatic carbocycles. The highest BCUT2D eigenvalue weighted by molar-refractivity contribution is 5.84. The van der Waals surface area contributed by atoms with Gasteiger partial charge in [0.15, 0.2) is 0 Å². The molecule has 1 aliphatic carbocycles. The van der Waals surface area contributed by atoms with Crippen molar-refractivity contribution in [2.45, 2.75) is 44.7 Å². The average molecular weight is 285 g/mol. The zero-order valence-corrected chi connectivity index (χ0v) is 12.3. The van der Waals surface area contributed by atoms with Crippen molar-refractivity contribution in [2.24, 2.45) is 0 Å². The number of nitrogens with one attached hydrogen (secondary N) is 3. The maximum Gasteiger partial charge on any atom is 0.207 e. The number of amides is 1. The van der Waals surface area contributed by atoms with Gasteiger partial charge in [0.05, 0.1) is 0 Å². The summed E-state index contributed by atoms with van der Waals surface area (Å²) in [4.78, 5) is 13.7. The van der Waals surface area contributed by atoms with E-state index in [4.69, 9.17) is 0 Å². The van der Waals surface area contributed by atoms with Crippen LogP contribution in [0.15, 0.2) is 24.4 Å². The van der Waals surface area contributed by atoms with E-state index in [1.165, 1.54) is 42.1 Å². The molecule has 0 saturated heterocycles. The number of carbonyl (C=O) groups is 1. The molecule has 0 radical (unpaired) electrons. The molecule has 21 heavy (non-hydrogen) atoms. The third-order valence-electron chi connectivity index (χ3n) is 4.40. The van der Waals surface area contributed by atoms with Crippen molar-refractivity contribution in [1.29, 1.82) is 0 Å². The normalized spacial score (nSPS) is 15.6. The second-order valence-electron chi connectivity index (χ2n) is 5.88. The van der Waals surface area contributed by atoms with E-state index in [0.29, 0.717) is 6.54 Å². The lowest BCUT2D eigenvalue weighted by Crippen LogP contribution is -2.27. The molecule has 1 saturated carbocycles. The van der Waals surface area contributed by atoms with Crippen LogP contribution in [0.2, 0.25) is 0 Å². The highest BCUT2D eigenvalue weighted by Crippen LogP contribution is 2.21. The topological polar surface area (TPSA) is 56.9 Å². The SMILES string of the molecule is O=CNCc1ccc2[nH]cc(CCNC3CCCC3)c2c1. The second-order valence-corrected chi connectivity index (χ2v) is 5.88. The first kappa shape index (κ1) is 14.1. The number of aromatic nitrogens is 1. The van der Waals surface area contributed by atoms with Crippen molar-refractivity contribution < 1.29 is 4.79 Å². The van der Waals surface area contributed by atoms with E-state index in [0.717, 1.165) is 31.0 Å². The second kappa shape index (κ2) is 6.76. The molecule has 4 heteroatoms. The van der Waals surface area contributed by atoms with Gasteiger partial charge < -0.3 is 15.6 Å². The Hall–Kier alpha value is -1.81. The first-order valence-electron chi connectivity index (χ1n) is 7.86. The summed E-state index contributed by atoms with van der Waals surface area (Å²) in [5, 5.41) is 7.65. The Morgan fingerprint density at radius 1 is 1.29 bits per heavy atom. The van der Waals surface area contributed by atoms with Crippen LogP contribution in [0, 0.1) is 0 Å². The van der Waals surface area contributed by atoms with Crippen LogP contribution in [-0.2, 0) is 17.8 Å². The van der Waals surface area contributed by atoms with Gasteiger partial charge in [-0.15, -0.1) is 0 Å². The number of aromatic amines is 1. The molecule has 2 aromatic rings. The molecule has 0 atom stereocenters. The fourth-order valence-electron chi connectivity index (χ4n) is 3.24. The maximum atomic E-state index is 10.4. The highest BCUT2D eigenvalue weighted by Gasteiger charge is 2.13. The summed E-state index contributed by atoms with van der Waals surface area (Å²) < 4.78 is 0. The molecule has 3 N–H and O–H groups in total. The van der Waals surface area contributed by atoms with Crippen molar-refractivity contribution in [3.8, 4) is 0 Å². The van der Waals surface area contributed by atoms with Gasteiger partial charge in [-0.1, -0.05) is 18.9 Å². The van der Waals surface area contributed by atoms with Crippen molar-refractivity contribution in [1.82, 2.24) is 15.6 Å². The van der Waals surface area contributed by atoms with Gasteiger partial charge in [0.1, 0.15) is 0 Å². The van der Waals surface area contributed by atoms with Crippen LogP contribution in [0.5, 0.6) is 0 Å². The van der Waals surface area contributed by atoms with Gasteiger partial charge in [-0.3, -0.25) is 4.79 Å². The lowest BCUT2D eigenvalue weighted by atomic mass is 10.1. The molecule has 1 heterocycles. The van der Waals surface area contributed by atoms with Gasteiger partial charge in [-0.05, 0) is 49.1 Å². The number of carbonyl (C=O) groups excluding carboxylic acids is 1. The van der Waals surface area contributed by atoms with Crippen molar-refractivity contribution in [3.63, 3.8) is 0 Å². The maximum absolute atomic E-state index is 10.4. The number of hydrogen-bond acceptors (Lipinski definition) is 2. The molecule has 1 fully saturated rings. The Labute approximate surface area is 125 Å². The third kappa shape index (κ3) is 3.45. The van der Waals surface area contributed by atoms with Gasteiger partial charge in [-0.25, -0.2) is 0 Å². The summed E-state index contributed by atoms with van der Waals surface area (Å²) in [6.45, 7) is 1.62.